The van der Waals surface area contributed by atoms with Crippen molar-refractivity contribution in [2.45, 2.75) is 62.5 Å². The second kappa shape index (κ2) is 10.5. The van der Waals surface area contributed by atoms with E-state index in [-0.39, 0.29) is 17.2 Å². The third-order valence-corrected chi connectivity index (χ3v) is 8.92. The summed E-state index contributed by atoms with van der Waals surface area (Å²) < 4.78 is 29.1. The Morgan fingerprint density at radius 2 is 1.73 bits per heavy atom. The number of nitrogens with one attached hydrogen (secondary N) is 2. The second-order valence-corrected chi connectivity index (χ2v) is 11.8. The number of imide groups is 1. The number of fused-ring (bicyclic) bond motifs is 1. The van der Waals surface area contributed by atoms with Gasteiger partial charge in [-0.2, -0.15) is 0 Å². The summed E-state index contributed by atoms with van der Waals surface area (Å²) in [6, 6.07) is 6.23. The number of hydrogen-bond donors (Lipinski definition) is 2. The van der Waals surface area contributed by atoms with Gasteiger partial charge in [0.05, 0.1) is 29.2 Å². The molecule has 0 bridgehead atoms. The molecule has 3 amide bonds. The van der Waals surface area contributed by atoms with Gasteiger partial charge in [-0.05, 0) is 62.8 Å². The Morgan fingerprint density at radius 3 is 2.36 bits per heavy atom. The second-order valence-electron chi connectivity index (χ2n) is 8.18. The maximum Gasteiger partial charge on any atom is 0.413 e. The Morgan fingerprint density at radius 1 is 1.06 bits per heavy atom. The van der Waals surface area contributed by atoms with Gasteiger partial charge in [-0.1, -0.05) is 18.6 Å². The number of thiophene rings is 1. The van der Waals surface area contributed by atoms with E-state index < -0.39 is 27.1 Å². The number of anilines is 1. The molecule has 0 atom stereocenters. The lowest BCUT2D eigenvalue weighted by molar-refractivity contribution is -0.115. The van der Waals surface area contributed by atoms with Gasteiger partial charge in [0.1, 0.15) is 5.00 Å². The molecule has 3 rings (SSSR count). The van der Waals surface area contributed by atoms with Crippen LogP contribution in [-0.4, -0.2) is 38.7 Å². The monoisotopic (exact) mass is 492 g/mol. The lowest BCUT2D eigenvalue weighted by atomic mass is 10.0. The Labute approximate surface area is 197 Å². The van der Waals surface area contributed by atoms with Gasteiger partial charge in [-0.15, -0.1) is 11.3 Å². The Bertz CT molecular complexity index is 1150. The van der Waals surface area contributed by atoms with Crippen LogP contribution in [0.2, 0.25) is 0 Å². The van der Waals surface area contributed by atoms with Crippen molar-refractivity contribution in [3.63, 3.8) is 0 Å². The standard InChI is InChI=1S/C23H28N2O6S2/c1-14(2)33(29,30)16-11-9-15(10-12-16)13-19(26)24-22-20(21(27)25-23(28)31-3)17-7-5-4-6-8-18(17)32-22/h9-12,14H,4-8,13H2,1-3H3,(H,24,26)(H,25,27,28). The average molecular weight is 493 g/mol. The van der Waals surface area contributed by atoms with E-state index in [1.54, 1.807) is 26.0 Å². The molecule has 0 unspecified atom stereocenters. The molecule has 33 heavy (non-hydrogen) atoms. The molecule has 1 aliphatic carbocycles. The zero-order valence-corrected chi connectivity index (χ0v) is 20.5. The van der Waals surface area contributed by atoms with Crippen LogP contribution < -0.4 is 10.6 Å². The molecule has 0 radical (unpaired) electrons. The number of aryl methyl sites for hydroxylation is 1. The molecule has 1 aromatic carbocycles. The van der Waals surface area contributed by atoms with Gasteiger partial charge in [0.15, 0.2) is 9.84 Å². The van der Waals surface area contributed by atoms with Crippen LogP contribution in [0.1, 0.15) is 59.5 Å². The first-order valence-corrected chi connectivity index (χ1v) is 13.2. The fraction of sp³-hybridized carbons (Fsp3) is 0.435. The smallest absolute Gasteiger partial charge is 0.413 e. The predicted molar refractivity (Wildman–Crippen MR) is 127 cm³/mol. The Kier molecular flexibility index (Phi) is 7.91. The average Bonchev–Trinajstić information content (AvgIpc) is 2.94. The molecule has 0 fully saturated rings. The number of amides is 3. The number of carbonyl (C=O) groups is 3. The largest absolute Gasteiger partial charge is 0.453 e. The highest BCUT2D eigenvalue weighted by Gasteiger charge is 2.27. The zero-order chi connectivity index (χ0) is 24.2. The first kappa shape index (κ1) is 24.9. The van der Waals surface area contributed by atoms with Crippen LogP contribution in [-0.2, 0) is 38.6 Å². The fourth-order valence-electron chi connectivity index (χ4n) is 3.70. The van der Waals surface area contributed by atoms with Crippen LogP contribution in [0.5, 0.6) is 0 Å². The van der Waals surface area contributed by atoms with Gasteiger partial charge in [0.2, 0.25) is 5.91 Å². The Balaban J connectivity index is 1.80. The van der Waals surface area contributed by atoms with Crippen molar-refractivity contribution in [3.05, 3.63) is 45.8 Å². The van der Waals surface area contributed by atoms with E-state index in [0.717, 1.165) is 36.1 Å². The van der Waals surface area contributed by atoms with E-state index >= 15 is 0 Å². The minimum absolute atomic E-state index is 0.0165. The summed E-state index contributed by atoms with van der Waals surface area (Å²) in [5, 5.41) is 4.89. The highest BCUT2D eigenvalue weighted by molar-refractivity contribution is 7.92. The van der Waals surface area contributed by atoms with Crippen LogP contribution in [0, 0.1) is 0 Å². The van der Waals surface area contributed by atoms with Gasteiger partial charge in [0, 0.05) is 4.88 Å². The van der Waals surface area contributed by atoms with Crippen molar-refractivity contribution < 1.29 is 27.5 Å². The lowest BCUT2D eigenvalue weighted by Gasteiger charge is -2.10. The van der Waals surface area contributed by atoms with Crippen molar-refractivity contribution in [1.29, 1.82) is 0 Å². The maximum atomic E-state index is 12.8. The van der Waals surface area contributed by atoms with Crippen LogP contribution >= 0.6 is 11.3 Å². The molecular formula is C23H28N2O6S2. The van der Waals surface area contributed by atoms with Gasteiger partial charge in [-0.3, -0.25) is 14.9 Å². The van der Waals surface area contributed by atoms with Gasteiger partial charge >= 0.3 is 6.09 Å². The van der Waals surface area contributed by atoms with Gasteiger partial charge in [-0.25, -0.2) is 13.2 Å². The third-order valence-electron chi connectivity index (χ3n) is 5.54. The van der Waals surface area contributed by atoms with E-state index in [9.17, 15) is 22.8 Å². The summed E-state index contributed by atoms with van der Waals surface area (Å²) in [7, 11) is -2.21. The van der Waals surface area contributed by atoms with Crippen LogP contribution in [0.3, 0.4) is 0 Å². The molecule has 10 heteroatoms. The number of alkyl carbamates (subject to hydrolysis) is 1. The molecule has 1 heterocycles. The molecule has 0 aliphatic heterocycles. The van der Waals surface area contributed by atoms with E-state index in [0.29, 0.717) is 22.5 Å². The van der Waals surface area contributed by atoms with E-state index in [1.807, 2.05) is 0 Å². The quantitative estimate of drug-likeness (QED) is 0.591. The van der Waals surface area contributed by atoms with Crippen LogP contribution in [0.15, 0.2) is 29.2 Å². The van der Waals surface area contributed by atoms with Crippen molar-refractivity contribution in [2.24, 2.45) is 0 Å². The molecule has 178 valence electrons. The Hall–Kier alpha value is -2.72. The minimum Gasteiger partial charge on any atom is -0.453 e. The number of methoxy groups -OCH3 is 1. The van der Waals surface area contributed by atoms with Crippen molar-refractivity contribution in [2.75, 3.05) is 12.4 Å². The number of hydrogen-bond acceptors (Lipinski definition) is 7. The highest BCUT2D eigenvalue weighted by atomic mass is 32.2. The summed E-state index contributed by atoms with van der Waals surface area (Å²) in [5.41, 5.74) is 1.83. The number of sulfone groups is 1. The number of carbonyl (C=O) groups excluding carboxylic acids is 3. The summed E-state index contributed by atoms with van der Waals surface area (Å²) in [6.45, 7) is 3.24. The molecular weight excluding hydrogens is 464 g/mol. The molecule has 8 nitrogen and oxygen atoms in total. The first-order chi connectivity index (χ1) is 15.6. The molecule has 2 N–H and O–H groups in total. The predicted octanol–water partition coefficient (Wildman–Crippen LogP) is 3.88. The van der Waals surface area contributed by atoms with Crippen molar-refractivity contribution >= 4 is 44.1 Å². The summed E-state index contributed by atoms with van der Waals surface area (Å²) in [4.78, 5) is 38.4. The van der Waals surface area contributed by atoms with Gasteiger partial charge in [0.25, 0.3) is 5.91 Å². The number of rotatable bonds is 6. The van der Waals surface area contributed by atoms with Gasteiger partial charge < -0.3 is 10.1 Å². The highest BCUT2D eigenvalue weighted by Crippen LogP contribution is 2.37. The first-order valence-electron chi connectivity index (χ1n) is 10.8. The molecule has 0 saturated carbocycles. The molecule has 1 aromatic heterocycles. The summed E-state index contributed by atoms with van der Waals surface area (Å²) in [5.74, 6) is -0.933. The maximum absolute atomic E-state index is 12.8. The lowest BCUT2D eigenvalue weighted by Crippen LogP contribution is -2.31. The summed E-state index contributed by atoms with van der Waals surface area (Å²) >= 11 is 1.36. The molecule has 1 aliphatic rings. The van der Waals surface area contributed by atoms with E-state index in [4.69, 9.17) is 0 Å². The minimum atomic E-state index is -3.38. The van der Waals surface area contributed by atoms with E-state index in [2.05, 4.69) is 15.4 Å². The normalized spacial score (nSPS) is 13.7. The number of benzene rings is 1. The van der Waals surface area contributed by atoms with E-state index in [1.165, 1.54) is 30.6 Å². The molecule has 0 spiro atoms. The van der Waals surface area contributed by atoms with Crippen molar-refractivity contribution in [3.8, 4) is 0 Å². The van der Waals surface area contributed by atoms with Crippen LogP contribution in [0.4, 0.5) is 9.80 Å². The molecule has 0 saturated heterocycles. The topological polar surface area (TPSA) is 119 Å². The zero-order valence-electron chi connectivity index (χ0n) is 18.9. The van der Waals surface area contributed by atoms with Crippen LogP contribution in [0.25, 0.3) is 0 Å². The third kappa shape index (κ3) is 5.80. The van der Waals surface area contributed by atoms with Crippen molar-refractivity contribution in [1.82, 2.24) is 5.32 Å². The SMILES string of the molecule is COC(=O)NC(=O)c1c(NC(=O)Cc2ccc(S(=O)(=O)C(C)C)cc2)sc2c1CCCCC2. The fourth-order valence-corrected chi connectivity index (χ4v) is 6.07. The number of ether oxygens (including phenoxy) is 1. The summed E-state index contributed by atoms with van der Waals surface area (Å²) in [6.07, 6.45) is 3.68. The molecule has 2 aromatic rings.